The summed E-state index contributed by atoms with van der Waals surface area (Å²) in [4.78, 5) is 39.7. The highest BCUT2D eigenvalue weighted by atomic mass is 16.6. The van der Waals surface area contributed by atoms with Crippen LogP contribution in [0.15, 0.2) is 18.2 Å². The number of amides is 3. The molecular formula is C23H35N3O5. The van der Waals surface area contributed by atoms with Crippen molar-refractivity contribution in [2.75, 3.05) is 6.54 Å². The third-order valence-corrected chi connectivity index (χ3v) is 4.69. The molecule has 0 fully saturated rings. The molecule has 0 saturated carbocycles. The van der Waals surface area contributed by atoms with Gasteiger partial charge in [0.15, 0.2) is 0 Å². The van der Waals surface area contributed by atoms with E-state index < -0.39 is 29.7 Å². The van der Waals surface area contributed by atoms with E-state index in [-0.39, 0.29) is 17.1 Å². The summed E-state index contributed by atoms with van der Waals surface area (Å²) in [6, 6.07) is 3.37. The summed E-state index contributed by atoms with van der Waals surface area (Å²) in [5.41, 5.74) is 0.923. The van der Waals surface area contributed by atoms with Crippen molar-refractivity contribution in [3.63, 3.8) is 0 Å². The summed E-state index contributed by atoms with van der Waals surface area (Å²) in [7, 11) is 0. The Morgan fingerprint density at radius 2 is 1.84 bits per heavy atom. The molecule has 8 nitrogen and oxygen atoms in total. The Morgan fingerprint density at radius 3 is 2.42 bits per heavy atom. The summed E-state index contributed by atoms with van der Waals surface area (Å²) in [6.45, 7) is 13.7. The van der Waals surface area contributed by atoms with E-state index in [0.717, 1.165) is 11.1 Å². The molecule has 0 bridgehead atoms. The minimum atomic E-state index is -0.874. The van der Waals surface area contributed by atoms with E-state index in [0.29, 0.717) is 19.5 Å². The SMILES string of the molecule is C[C@H](NC(=O)OC(C)(C)C)C(=O)N[C@H]1Cc2ccc(O)cc2CN(CC(C)(C)C)C1=O. The molecule has 0 aromatic heterocycles. The molecule has 0 radical (unpaired) electrons. The smallest absolute Gasteiger partial charge is 0.408 e. The van der Waals surface area contributed by atoms with E-state index in [1.807, 2.05) is 20.8 Å². The fraction of sp³-hybridized carbons (Fsp3) is 0.609. The molecule has 0 saturated heterocycles. The van der Waals surface area contributed by atoms with Crippen LogP contribution in [0.1, 0.15) is 59.6 Å². The van der Waals surface area contributed by atoms with Crippen LogP contribution < -0.4 is 10.6 Å². The van der Waals surface area contributed by atoms with Gasteiger partial charge >= 0.3 is 6.09 Å². The maximum Gasteiger partial charge on any atom is 0.408 e. The predicted molar refractivity (Wildman–Crippen MR) is 117 cm³/mol. The fourth-order valence-corrected chi connectivity index (χ4v) is 3.44. The lowest BCUT2D eigenvalue weighted by Gasteiger charge is -2.31. The van der Waals surface area contributed by atoms with Crippen molar-refractivity contribution in [3.8, 4) is 5.75 Å². The highest BCUT2D eigenvalue weighted by molar-refractivity contribution is 5.91. The van der Waals surface area contributed by atoms with E-state index in [2.05, 4.69) is 10.6 Å². The van der Waals surface area contributed by atoms with Gasteiger partial charge in [0.1, 0.15) is 23.4 Å². The topological polar surface area (TPSA) is 108 Å². The number of nitrogens with zero attached hydrogens (tertiary/aromatic N) is 1. The molecule has 1 aromatic rings. The number of nitrogens with one attached hydrogen (secondary N) is 2. The van der Waals surface area contributed by atoms with E-state index >= 15 is 0 Å². The van der Waals surface area contributed by atoms with E-state index in [4.69, 9.17) is 4.74 Å². The largest absolute Gasteiger partial charge is 0.508 e. The van der Waals surface area contributed by atoms with Gasteiger partial charge in [0.25, 0.3) is 0 Å². The van der Waals surface area contributed by atoms with Crippen LogP contribution in [0.3, 0.4) is 0 Å². The molecular weight excluding hydrogens is 398 g/mol. The molecule has 1 aromatic carbocycles. The van der Waals surface area contributed by atoms with Gasteiger partial charge in [0.2, 0.25) is 11.8 Å². The second-order valence-electron chi connectivity index (χ2n) is 10.3. The first-order chi connectivity index (χ1) is 14.1. The lowest BCUT2D eigenvalue weighted by Crippen LogP contribution is -2.54. The minimum absolute atomic E-state index is 0.138. The first kappa shape index (κ1) is 24.5. The number of fused-ring (bicyclic) bond motifs is 1. The number of carbonyl (C=O) groups excluding carboxylic acids is 3. The molecule has 0 spiro atoms. The Balaban J connectivity index is 2.19. The zero-order chi connectivity index (χ0) is 23.6. The minimum Gasteiger partial charge on any atom is -0.508 e. The monoisotopic (exact) mass is 433 g/mol. The highest BCUT2D eigenvalue weighted by Crippen LogP contribution is 2.26. The summed E-state index contributed by atoms with van der Waals surface area (Å²) >= 11 is 0. The maximum absolute atomic E-state index is 13.3. The molecule has 1 aliphatic rings. The number of carbonyl (C=O) groups is 3. The third kappa shape index (κ3) is 7.45. The molecule has 3 N–H and O–H groups in total. The molecule has 172 valence electrons. The molecule has 0 aliphatic carbocycles. The average Bonchev–Trinajstić information content (AvgIpc) is 2.69. The number of ether oxygens (including phenoxy) is 1. The number of benzene rings is 1. The number of phenolic OH excluding ortho intramolecular Hbond substituents is 1. The lowest BCUT2D eigenvalue weighted by molar-refractivity contribution is -0.138. The quantitative estimate of drug-likeness (QED) is 0.677. The fourth-order valence-electron chi connectivity index (χ4n) is 3.44. The normalized spacial score (nSPS) is 18.0. The van der Waals surface area contributed by atoms with Crippen LogP contribution in [-0.4, -0.2) is 52.1 Å². The number of alkyl carbamates (subject to hydrolysis) is 1. The van der Waals surface area contributed by atoms with Gasteiger partial charge in [-0.15, -0.1) is 0 Å². The number of hydrogen-bond acceptors (Lipinski definition) is 5. The zero-order valence-corrected chi connectivity index (χ0v) is 19.5. The second-order valence-corrected chi connectivity index (χ2v) is 10.3. The van der Waals surface area contributed by atoms with Gasteiger partial charge in [-0.1, -0.05) is 26.8 Å². The van der Waals surface area contributed by atoms with Crippen LogP contribution in [0.25, 0.3) is 0 Å². The van der Waals surface area contributed by atoms with Crippen molar-refractivity contribution < 1.29 is 24.2 Å². The summed E-state index contributed by atoms with van der Waals surface area (Å²) < 4.78 is 5.19. The number of hydrogen-bond donors (Lipinski definition) is 3. The second kappa shape index (κ2) is 9.16. The summed E-state index contributed by atoms with van der Waals surface area (Å²) in [5, 5.41) is 15.2. The summed E-state index contributed by atoms with van der Waals surface area (Å²) in [5.74, 6) is -0.523. The van der Waals surface area contributed by atoms with Crippen molar-refractivity contribution in [3.05, 3.63) is 29.3 Å². The Labute approximate surface area is 184 Å². The Morgan fingerprint density at radius 1 is 1.19 bits per heavy atom. The number of phenols is 1. The van der Waals surface area contributed by atoms with Crippen molar-refractivity contribution in [1.82, 2.24) is 15.5 Å². The van der Waals surface area contributed by atoms with Crippen molar-refractivity contribution >= 4 is 17.9 Å². The number of aromatic hydroxyl groups is 1. The maximum atomic E-state index is 13.3. The average molecular weight is 434 g/mol. The van der Waals surface area contributed by atoms with Crippen LogP contribution in [0.5, 0.6) is 5.75 Å². The van der Waals surface area contributed by atoms with Gasteiger partial charge < -0.3 is 25.4 Å². The summed E-state index contributed by atoms with van der Waals surface area (Å²) in [6.07, 6.45) is -0.391. The van der Waals surface area contributed by atoms with Gasteiger partial charge in [0.05, 0.1) is 0 Å². The van der Waals surface area contributed by atoms with Crippen molar-refractivity contribution in [2.24, 2.45) is 5.41 Å². The van der Waals surface area contributed by atoms with Gasteiger partial charge in [0, 0.05) is 19.5 Å². The molecule has 2 rings (SSSR count). The third-order valence-electron chi connectivity index (χ3n) is 4.69. The first-order valence-electron chi connectivity index (χ1n) is 10.5. The van der Waals surface area contributed by atoms with Crippen molar-refractivity contribution in [1.29, 1.82) is 0 Å². The lowest BCUT2D eigenvalue weighted by atomic mass is 9.95. The molecule has 3 amide bonds. The van der Waals surface area contributed by atoms with Crippen LogP contribution in [0, 0.1) is 5.41 Å². The molecule has 8 heteroatoms. The van der Waals surface area contributed by atoms with Crippen molar-refractivity contribution in [2.45, 2.75) is 79.1 Å². The Bertz CT molecular complexity index is 839. The van der Waals surface area contributed by atoms with E-state index in [9.17, 15) is 19.5 Å². The standard InChI is InChI=1S/C23H35N3O5/c1-14(24-21(30)31-23(5,6)7)19(28)25-18-11-15-8-9-17(27)10-16(15)12-26(20(18)29)13-22(2,3)4/h8-10,14,18,27H,11-13H2,1-7H3,(H,24,30)(H,25,28)/t14-,18-/m0/s1. The molecule has 0 unspecified atom stereocenters. The molecule has 1 heterocycles. The Kier molecular flexibility index (Phi) is 7.24. The van der Waals surface area contributed by atoms with Crippen LogP contribution in [0.2, 0.25) is 0 Å². The Hall–Kier alpha value is -2.77. The van der Waals surface area contributed by atoms with Crippen LogP contribution in [0.4, 0.5) is 4.79 Å². The van der Waals surface area contributed by atoms with Gasteiger partial charge in [-0.3, -0.25) is 9.59 Å². The molecule has 2 atom stereocenters. The van der Waals surface area contributed by atoms with Crippen LogP contribution >= 0.6 is 0 Å². The molecule has 1 aliphatic heterocycles. The highest BCUT2D eigenvalue weighted by Gasteiger charge is 2.34. The molecule has 31 heavy (non-hydrogen) atoms. The van der Waals surface area contributed by atoms with Gasteiger partial charge in [-0.05, 0) is 56.4 Å². The predicted octanol–water partition coefficient (Wildman–Crippen LogP) is 2.72. The first-order valence-corrected chi connectivity index (χ1v) is 10.5. The van der Waals surface area contributed by atoms with Gasteiger partial charge in [-0.25, -0.2) is 4.79 Å². The van der Waals surface area contributed by atoms with Crippen LogP contribution in [-0.2, 0) is 27.3 Å². The van der Waals surface area contributed by atoms with Gasteiger partial charge in [-0.2, -0.15) is 0 Å². The zero-order valence-electron chi connectivity index (χ0n) is 19.5. The number of rotatable bonds is 4. The van der Waals surface area contributed by atoms with E-state index in [1.54, 1.807) is 50.8 Å². The van der Waals surface area contributed by atoms with E-state index in [1.165, 1.54) is 0 Å².